The molecular formula is C9H10N2. The number of fused-ring (bicyclic) bond motifs is 1. The molecule has 2 nitrogen and oxygen atoms in total. The molecule has 0 atom stereocenters. The van der Waals surface area contributed by atoms with Gasteiger partial charge in [0, 0.05) is 6.54 Å². The Morgan fingerprint density at radius 1 is 1.36 bits per heavy atom. The molecule has 0 aliphatic carbocycles. The first-order valence-corrected chi connectivity index (χ1v) is 3.73. The smallest absolute Gasteiger partial charge is 0.0993 e. The normalized spacial score (nSPS) is 14.8. The van der Waals surface area contributed by atoms with E-state index in [1.165, 1.54) is 5.56 Å². The molecule has 1 aromatic carbocycles. The first-order valence-electron chi connectivity index (χ1n) is 3.73. The van der Waals surface area contributed by atoms with Crippen LogP contribution < -0.4 is 5.32 Å². The molecular weight excluding hydrogens is 136 g/mol. The molecule has 0 bridgehead atoms. The van der Waals surface area contributed by atoms with Gasteiger partial charge in [0.05, 0.1) is 11.5 Å². The first-order chi connectivity index (χ1) is 5.36. The maximum absolute atomic E-state index is 4.35. The van der Waals surface area contributed by atoms with Gasteiger partial charge in [0.2, 0.25) is 0 Å². The molecule has 0 saturated carbocycles. The molecule has 0 spiro atoms. The molecule has 1 heterocycles. The molecule has 1 aromatic rings. The molecule has 56 valence electrons. The molecule has 1 aliphatic heterocycles. The summed E-state index contributed by atoms with van der Waals surface area (Å²) in [5, 5.41) is 3.19. The summed E-state index contributed by atoms with van der Waals surface area (Å²) in [5.41, 5.74) is 2.38. The number of rotatable bonds is 0. The third kappa shape index (κ3) is 1.11. The van der Waals surface area contributed by atoms with Gasteiger partial charge in [-0.2, -0.15) is 0 Å². The van der Waals surface area contributed by atoms with E-state index in [0.29, 0.717) is 0 Å². The Balaban J connectivity index is 2.51. The minimum absolute atomic E-state index is 0.908. The van der Waals surface area contributed by atoms with Gasteiger partial charge in [-0.1, -0.05) is 18.2 Å². The fourth-order valence-electron chi connectivity index (χ4n) is 1.21. The highest BCUT2D eigenvalue weighted by molar-refractivity contribution is 5.84. The highest BCUT2D eigenvalue weighted by atomic mass is 15.0. The second kappa shape index (κ2) is 2.38. The fourth-order valence-corrected chi connectivity index (χ4v) is 1.21. The SMILES string of the molecule is CC1=Nc2ccccc2CN1. The summed E-state index contributed by atoms with van der Waals surface area (Å²) in [7, 11) is 0. The van der Waals surface area contributed by atoms with E-state index in [1.54, 1.807) is 0 Å². The van der Waals surface area contributed by atoms with Crippen molar-refractivity contribution < 1.29 is 0 Å². The van der Waals surface area contributed by atoms with E-state index in [0.717, 1.165) is 18.1 Å². The number of hydrogen-bond acceptors (Lipinski definition) is 2. The third-order valence-electron chi connectivity index (χ3n) is 1.81. The number of benzene rings is 1. The zero-order valence-electron chi connectivity index (χ0n) is 6.46. The van der Waals surface area contributed by atoms with Crippen molar-refractivity contribution in [2.75, 3.05) is 0 Å². The van der Waals surface area contributed by atoms with Crippen LogP contribution in [0.4, 0.5) is 5.69 Å². The van der Waals surface area contributed by atoms with Crippen molar-refractivity contribution in [3.05, 3.63) is 29.8 Å². The van der Waals surface area contributed by atoms with Crippen LogP contribution in [0.5, 0.6) is 0 Å². The Labute approximate surface area is 66.0 Å². The highest BCUT2D eigenvalue weighted by Gasteiger charge is 2.05. The van der Waals surface area contributed by atoms with Crippen molar-refractivity contribution in [2.45, 2.75) is 13.5 Å². The molecule has 0 amide bonds. The zero-order valence-corrected chi connectivity index (χ0v) is 6.46. The van der Waals surface area contributed by atoms with Crippen LogP contribution in [0.1, 0.15) is 12.5 Å². The van der Waals surface area contributed by atoms with Crippen LogP contribution >= 0.6 is 0 Å². The highest BCUT2D eigenvalue weighted by Crippen LogP contribution is 2.20. The van der Waals surface area contributed by atoms with Crippen LogP contribution in [0, 0.1) is 0 Å². The van der Waals surface area contributed by atoms with Crippen LogP contribution in [-0.2, 0) is 6.54 Å². The predicted octanol–water partition coefficient (Wildman–Crippen LogP) is 1.84. The van der Waals surface area contributed by atoms with E-state index in [9.17, 15) is 0 Å². The summed E-state index contributed by atoms with van der Waals surface area (Å²) in [4.78, 5) is 4.35. The summed E-state index contributed by atoms with van der Waals surface area (Å²) in [6.07, 6.45) is 0. The number of amidine groups is 1. The Morgan fingerprint density at radius 2 is 2.18 bits per heavy atom. The van der Waals surface area contributed by atoms with Gasteiger partial charge >= 0.3 is 0 Å². The molecule has 0 aromatic heterocycles. The van der Waals surface area contributed by atoms with E-state index in [-0.39, 0.29) is 0 Å². The average Bonchev–Trinajstić information content (AvgIpc) is 2.04. The topological polar surface area (TPSA) is 24.4 Å². The van der Waals surface area contributed by atoms with Gasteiger partial charge < -0.3 is 5.32 Å². The lowest BCUT2D eigenvalue weighted by Gasteiger charge is -2.14. The van der Waals surface area contributed by atoms with Crippen LogP contribution in [0.2, 0.25) is 0 Å². The fraction of sp³-hybridized carbons (Fsp3) is 0.222. The lowest BCUT2D eigenvalue weighted by atomic mass is 10.1. The number of hydrogen-bond donors (Lipinski definition) is 1. The Kier molecular flexibility index (Phi) is 1.39. The van der Waals surface area contributed by atoms with Crippen molar-refractivity contribution in [1.82, 2.24) is 5.32 Å². The van der Waals surface area contributed by atoms with E-state index in [4.69, 9.17) is 0 Å². The molecule has 2 rings (SSSR count). The molecule has 1 aliphatic rings. The quantitative estimate of drug-likeness (QED) is 0.593. The van der Waals surface area contributed by atoms with Crippen LogP contribution in [0.15, 0.2) is 29.3 Å². The maximum Gasteiger partial charge on any atom is 0.0993 e. The second-order valence-corrected chi connectivity index (χ2v) is 2.68. The van der Waals surface area contributed by atoms with Crippen LogP contribution in [0.3, 0.4) is 0 Å². The minimum atomic E-state index is 0.908. The monoisotopic (exact) mass is 146 g/mol. The summed E-state index contributed by atoms with van der Waals surface area (Å²) in [6, 6.07) is 8.19. The molecule has 11 heavy (non-hydrogen) atoms. The van der Waals surface area contributed by atoms with Crippen molar-refractivity contribution in [3.8, 4) is 0 Å². The van der Waals surface area contributed by atoms with Crippen molar-refractivity contribution in [2.24, 2.45) is 4.99 Å². The average molecular weight is 146 g/mol. The standard InChI is InChI=1S/C9H10N2/c1-7-10-6-8-4-2-3-5-9(8)11-7/h2-5H,6H2,1H3,(H,10,11). The lowest BCUT2D eigenvalue weighted by Crippen LogP contribution is -2.22. The Bertz CT molecular complexity index is 302. The zero-order chi connectivity index (χ0) is 7.68. The number of nitrogens with zero attached hydrogens (tertiary/aromatic N) is 1. The Morgan fingerprint density at radius 3 is 3.09 bits per heavy atom. The predicted molar refractivity (Wildman–Crippen MR) is 46.1 cm³/mol. The second-order valence-electron chi connectivity index (χ2n) is 2.68. The molecule has 0 unspecified atom stereocenters. The number of aliphatic imine (C=N–C) groups is 1. The van der Waals surface area contributed by atoms with Gasteiger partial charge in [-0.05, 0) is 18.6 Å². The first kappa shape index (κ1) is 6.40. The molecule has 0 saturated heterocycles. The maximum atomic E-state index is 4.35. The summed E-state index contributed by atoms with van der Waals surface area (Å²) < 4.78 is 0. The number of nitrogens with one attached hydrogen (secondary N) is 1. The third-order valence-corrected chi connectivity index (χ3v) is 1.81. The van der Waals surface area contributed by atoms with Gasteiger partial charge in [-0.3, -0.25) is 0 Å². The van der Waals surface area contributed by atoms with Crippen molar-refractivity contribution >= 4 is 11.5 Å². The van der Waals surface area contributed by atoms with Gasteiger partial charge in [0.15, 0.2) is 0 Å². The van der Waals surface area contributed by atoms with E-state index in [2.05, 4.69) is 16.4 Å². The van der Waals surface area contributed by atoms with E-state index in [1.807, 2.05) is 25.1 Å². The van der Waals surface area contributed by atoms with Gasteiger partial charge in [0.25, 0.3) is 0 Å². The molecule has 2 heteroatoms. The summed E-state index contributed by atoms with van der Waals surface area (Å²) in [5.74, 6) is 1.00. The summed E-state index contributed by atoms with van der Waals surface area (Å²) in [6.45, 7) is 2.89. The van der Waals surface area contributed by atoms with E-state index < -0.39 is 0 Å². The van der Waals surface area contributed by atoms with Gasteiger partial charge in [-0.15, -0.1) is 0 Å². The van der Waals surface area contributed by atoms with Gasteiger partial charge in [0.1, 0.15) is 0 Å². The molecule has 0 radical (unpaired) electrons. The largest absolute Gasteiger partial charge is 0.370 e. The Hall–Kier alpha value is -1.31. The van der Waals surface area contributed by atoms with Gasteiger partial charge in [-0.25, -0.2) is 4.99 Å². The number of para-hydroxylation sites is 1. The van der Waals surface area contributed by atoms with Crippen LogP contribution in [0.25, 0.3) is 0 Å². The molecule has 0 fully saturated rings. The molecule has 1 N–H and O–H groups in total. The van der Waals surface area contributed by atoms with E-state index >= 15 is 0 Å². The minimum Gasteiger partial charge on any atom is -0.370 e. The lowest BCUT2D eigenvalue weighted by molar-refractivity contribution is 0.887. The van der Waals surface area contributed by atoms with Crippen LogP contribution in [-0.4, -0.2) is 5.84 Å². The summed E-state index contributed by atoms with van der Waals surface area (Å²) >= 11 is 0. The van der Waals surface area contributed by atoms with Crippen molar-refractivity contribution in [1.29, 1.82) is 0 Å². The van der Waals surface area contributed by atoms with Crippen molar-refractivity contribution in [3.63, 3.8) is 0 Å².